The summed E-state index contributed by atoms with van der Waals surface area (Å²) in [4.78, 5) is 15.7. The van der Waals surface area contributed by atoms with E-state index in [1.165, 1.54) is 30.3 Å². The van der Waals surface area contributed by atoms with Gasteiger partial charge in [-0.25, -0.2) is 18.4 Å². The molecule has 0 saturated heterocycles. The Labute approximate surface area is 166 Å². The van der Waals surface area contributed by atoms with Crippen LogP contribution in [0.15, 0.2) is 45.5 Å². The third kappa shape index (κ3) is 4.70. The fourth-order valence-corrected chi connectivity index (χ4v) is 3.37. The smallest absolute Gasteiger partial charge is 0.263 e. The van der Waals surface area contributed by atoms with Crippen LogP contribution in [0.1, 0.15) is 11.5 Å². The van der Waals surface area contributed by atoms with Crippen molar-refractivity contribution in [2.45, 2.75) is 18.7 Å². The van der Waals surface area contributed by atoms with Crippen LogP contribution in [0, 0.1) is 13.8 Å². The highest BCUT2D eigenvalue weighted by atomic mass is 32.2. The first kappa shape index (κ1) is 19.9. The number of nitrogens with two attached hydrogens (primary N) is 3. The summed E-state index contributed by atoms with van der Waals surface area (Å²) in [6, 6.07) is 7.24. The Morgan fingerprint density at radius 2 is 1.52 bits per heavy atom. The molecule has 150 valence electrons. The highest BCUT2D eigenvalue weighted by molar-refractivity contribution is 7.92. The van der Waals surface area contributed by atoms with Gasteiger partial charge < -0.3 is 17.2 Å². The Morgan fingerprint density at radius 1 is 0.897 bits per heavy atom. The molecule has 2 heterocycles. The quantitative estimate of drug-likeness (QED) is 0.449. The summed E-state index contributed by atoms with van der Waals surface area (Å²) < 4.78 is 27.5. The normalized spacial score (nSPS) is 11.7. The van der Waals surface area contributed by atoms with Gasteiger partial charge in [0.1, 0.15) is 11.6 Å². The molecule has 0 aliphatic rings. The molecule has 0 atom stereocenters. The van der Waals surface area contributed by atoms with Gasteiger partial charge in [0.2, 0.25) is 5.95 Å². The lowest BCUT2D eigenvalue weighted by Crippen LogP contribution is -2.14. The minimum Gasteiger partial charge on any atom is -0.382 e. The average molecular weight is 414 g/mol. The van der Waals surface area contributed by atoms with Crippen LogP contribution in [-0.2, 0) is 10.0 Å². The molecule has 29 heavy (non-hydrogen) atoms. The summed E-state index contributed by atoms with van der Waals surface area (Å²) in [6.45, 7) is 3.42. The average Bonchev–Trinajstić information content (AvgIpc) is 2.60. The first-order valence-corrected chi connectivity index (χ1v) is 9.68. The van der Waals surface area contributed by atoms with Crippen molar-refractivity contribution in [3.05, 3.63) is 41.9 Å². The van der Waals surface area contributed by atoms with E-state index in [1.807, 2.05) is 0 Å². The number of nitrogens with zero attached hydrogens (tertiary/aromatic N) is 6. The summed E-state index contributed by atoms with van der Waals surface area (Å²) in [6.07, 6.45) is 0. The van der Waals surface area contributed by atoms with Crippen LogP contribution < -0.4 is 21.9 Å². The van der Waals surface area contributed by atoms with Crippen LogP contribution in [-0.4, -0.2) is 28.4 Å². The van der Waals surface area contributed by atoms with Gasteiger partial charge in [-0.05, 0) is 38.1 Å². The molecule has 0 aliphatic carbocycles. The molecule has 0 fully saturated rings. The zero-order chi connectivity index (χ0) is 21.2. The summed E-state index contributed by atoms with van der Waals surface area (Å²) >= 11 is 0. The van der Waals surface area contributed by atoms with Gasteiger partial charge in [-0.3, -0.25) is 4.72 Å². The number of nitrogen functional groups attached to an aromatic ring is 3. The molecular weight excluding hydrogens is 396 g/mol. The van der Waals surface area contributed by atoms with E-state index >= 15 is 0 Å². The fourth-order valence-electron chi connectivity index (χ4n) is 2.38. The lowest BCUT2D eigenvalue weighted by Gasteiger charge is -2.08. The van der Waals surface area contributed by atoms with Gasteiger partial charge in [0.05, 0.1) is 10.6 Å². The van der Waals surface area contributed by atoms with E-state index < -0.39 is 10.0 Å². The predicted molar refractivity (Wildman–Crippen MR) is 108 cm³/mol. The monoisotopic (exact) mass is 414 g/mol. The SMILES string of the molecule is Cc1cc(NS(=O)(=O)c2ccc(N=Nc3c(N)nc(N)nc3N)cc2)nc(C)n1. The van der Waals surface area contributed by atoms with Gasteiger partial charge in [-0.15, -0.1) is 5.11 Å². The van der Waals surface area contributed by atoms with Crippen molar-refractivity contribution in [3.63, 3.8) is 0 Å². The molecule has 0 amide bonds. The predicted octanol–water partition coefficient (Wildman–Crippen LogP) is 1.85. The summed E-state index contributed by atoms with van der Waals surface area (Å²) in [5, 5.41) is 7.87. The number of hydrogen-bond donors (Lipinski definition) is 4. The number of anilines is 4. The molecular formula is C16H18N10O2S. The molecule has 3 rings (SSSR count). The number of azo groups is 1. The number of aromatic nitrogens is 4. The van der Waals surface area contributed by atoms with Crippen LogP contribution in [0.4, 0.5) is 34.8 Å². The zero-order valence-electron chi connectivity index (χ0n) is 15.5. The van der Waals surface area contributed by atoms with Crippen LogP contribution in [0.5, 0.6) is 0 Å². The Hall–Kier alpha value is -3.87. The minimum absolute atomic E-state index is 0.0161. The molecule has 0 radical (unpaired) electrons. The number of benzene rings is 1. The molecule has 7 N–H and O–H groups in total. The van der Waals surface area contributed by atoms with Crippen LogP contribution in [0.25, 0.3) is 0 Å². The van der Waals surface area contributed by atoms with Crippen LogP contribution in [0.3, 0.4) is 0 Å². The third-order valence-corrected chi connectivity index (χ3v) is 4.94. The molecule has 0 unspecified atom stereocenters. The van der Waals surface area contributed by atoms with Crippen LogP contribution >= 0.6 is 0 Å². The van der Waals surface area contributed by atoms with E-state index in [-0.39, 0.29) is 34.0 Å². The van der Waals surface area contributed by atoms with Gasteiger partial charge >= 0.3 is 0 Å². The maximum Gasteiger partial charge on any atom is 0.263 e. The van der Waals surface area contributed by atoms with Gasteiger partial charge in [-0.1, -0.05) is 0 Å². The van der Waals surface area contributed by atoms with Crippen molar-refractivity contribution >= 4 is 44.8 Å². The molecule has 2 aromatic heterocycles. The second kappa shape index (κ2) is 7.63. The highest BCUT2D eigenvalue weighted by Gasteiger charge is 2.15. The van der Waals surface area contributed by atoms with Gasteiger partial charge in [0.25, 0.3) is 10.0 Å². The molecule has 3 aromatic rings. The van der Waals surface area contributed by atoms with E-state index in [2.05, 4.69) is 34.9 Å². The Balaban J connectivity index is 1.81. The molecule has 12 nitrogen and oxygen atoms in total. The Bertz CT molecular complexity index is 1150. The van der Waals surface area contributed by atoms with E-state index in [1.54, 1.807) is 13.8 Å². The minimum atomic E-state index is -3.84. The number of sulfonamides is 1. The second-order valence-corrected chi connectivity index (χ2v) is 7.62. The van der Waals surface area contributed by atoms with E-state index in [0.29, 0.717) is 17.2 Å². The topological polar surface area (TPSA) is 201 Å². The highest BCUT2D eigenvalue weighted by Crippen LogP contribution is 2.29. The molecule has 0 aliphatic heterocycles. The molecule has 0 bridgehead atoms. The summed E-state index contributed by atoms with van der Waals surface area (Å²) in [5.41, 5.74) is 17.9. The third-order valence-electron chi connectivity index (χ3n) is 3.57. The first-order valence-electron chi connectivity index (χ1n) is 8.19. The fraction of sp³-hybridized carbons (Fsp3) is 0.125. The van der Waals surface area contributed by atoms with Crippen molar-refractivity contribution in [1.29, 1.82) is 0 Å². The van der Waals surface area contributed by atoms with Crippen molar-refractivity contribution in [3.8, 4) is 0 Å². The number of hydrogen-bond acceptors (Lipinski definition) is 11. The lowest BCUT2D eigenvalue weighted by molar-refractivity contribution is 0.601. The van der Waals surface area contributed by atoms with Crippen molar-refractivity contribution in [1.82, 2.24) is 19.9 Å². The molecule has 13 heteroatoms. The van der Waals surface area contributed by atoms with Crippen molar-refractivity contribution in [2.24, 2.45) is 10.2 Å². The van der Waals surface area contributed by atoms with Gasteiger partial charge in [0, 0.05) is 11.8 Å². The Kier molecular flexibility index (Phi) is 5.23. The van der Waals surface area contributed by atoms with Gasteiger partial charge in [-0.2, -0.15) is 15.1 Å². The summed E-state index contributed by atoms with van der Waals surface area (Å²) in [7, 11) is -3.84. The standard InChI is InChI=1S/C16H18N10O2S/c1-8-7-12(21-9(2)20-8)26-29(27,28)11-5-3-10(4-6-11)24-25-13-14(17)22-16(19)23-15(13)18/h3-7H,1-2H3,(H,20,21,26)(H6,17,18,19,22,23). The number of nitrogens with one attached hydrogen (secondary N) is 1. The first-order chi connectivity index (χ1) is 13.6. The molecule has 0 spiro atoms. The molecule has 0 saturated carbocycles. The van der Waals surface area contributed by atoms with E-state index in [0.717, 1.165) is 0 Å². The van der Waals surface area contributed by atoms with Crippen molar-refractivity contribution in [2.75, 3.05) is 21.9 Å². The number of rotatable bonds is 5. The second-order valence-electron chi connectivity index (χ2n) is 5.94. The zero-order valence-corrected chi connectivity index (χ0v) is 16.3. The molecule has 1 aromatic carbocycles. The van der Waals surface area contributed by atoms with Crippen LogP contribution in [0.2, 0.25) is 0 Å². The lowest BCUT2D eigenvalue weighted by atomic mass is 10.3. The number of aryl methyl sites for hydroxylation is 2. The Morgan fingerprint density at radius 3 is 2.10 bits per heavy atom. The van der Waals surface area contributed by atoms with Crippen molar-refractivity contribution < 1.29 is 8.42 Å². The van der Waals surface area contributed by atoms with E-state index in [9.17, 15) is 8.42 Å². The van der Waals surface area contributed by atoms with Gasteiger partial charge in [0.15, 0.2) is 17.3 Å². The summed E-state index contributed by atoms with van der Waals surface area (Å²) in [5.74, 6) is 0.543. The maximum absolute atomic E-state index is 12.5. The maximum atomic E-state index is 12.5. The largest absolute Gasteiger partial charge is 0.382 e. The van der Waals surface area contributed by atoms with E-state index in [4.69, 9.17) is 17.2 Å².